The van der Waals surface area contributed by atoms with E-state index >= 15 is 0 Å². The fraction of sp³-hybridized carbons (Fsp3) is 0.256. The Hall–Kier alpha value is -2.68. The van der Waals surface area contributed by atoms with Crippen LogP contribution in [0, 0.1) is 48.5 Å². The monoisotopic (exact) mass is 764 g/mol. The predicted molar refractivity (Wildman–Crippen MR) is 207 cm³/mol. The molecule has 2 atom stereocenters. The Labute approximate surface area is 294 Å². The van der Waals surface area contributed by atoms with E-state index in [9.17, 15) is 0 Å². The molecule has 244 valence electrons. The van der Waals surface area contributed by atoms with Crippen molar-refractivity contribution >= 4 is 40.2 Å². The summed E-state index contributed by atoms with van der Waals surface area (Å²) in [4.78, 5) is 0. The van der Waals surface area contributed by atoms with Gasteiger partial charge in [-0.2, -0.15) is 0 Å². The molecule has 0 saturated heterocycles. The number of benzene rings is 4. The van der Waals surface area contributed by atoms with Crippen molar-refractivity contribution in [1.82, 2.24) is 0 Å². The van der Waals surface area contributed by atoms with Gasteiger partial charge in [0.15, 0.2) is 0 Å². The van der Waals surface area contributed by atoms with Gasteiger partial charge in [-0.25, -0.2) is 0 Å². The van der Waals surface area contributed by atoms with Crippen LogP contribution in [0.4, 0.5) is 0 Å². The number of allylic oxidation sites excluding steroid dienone is 2. The molecule has 5 heteroatoms. The average molecular weight is 767 g/mol. The Morgan fingerprint density at radius 2 is 1.15 bits per heavy atom. The van der Waals surface area contributed by atoms with Gasteiger partial charge in [0, 0.05) is 0 Å². The van der Waals surface area contributed by atoms with E-state index in [-0.39, 0.29) is 7.25 Å². The Morgan fingerprint density at radius 1 is 0.625 bits per heavy atom. The molecule has 0 fully saturated rings. The van der Waals surface area contributed by atoms with Crippen LogP contribution in [-0.4, -0.2) is 5.43 Å². The quantitative estimate of drug-likeness (QED) is 0.162. The average Bonchev–Trinajstić information content (AvgIpc) is 3.73. The number of rotatable bonds is 5. The fourth-order valence-corrected chi connectivity index (χ4v) is 35.1. The molecule has 2 aliphatic rings. The number of fused-ring (bicyclic) bond motifs is 2. The molecule has 1 heterocycles. The van der Waals surface area contributed by atoms with Gasteiger partial charge < -0.3 is 0 Å². The van der Waals surface area contributed by atoms with E-state index in [0.717, 1.165) is 17.1 Å². The van der Waals surface area contributed by atoms with Crippen LogP contribution in [0.2, 0.25) is 13.1 Å². The fourth-order valence-electron chi connectivity index (χ4n) is 8.67. The minimum atomic E-state index is -5.00. The van der Waals surface area contributed by atoms with Crippen LogP contribution < -0.4 is 0 Å². The van der Waals surface area contributed by atoms with Crippen LogP contribution in [0.1, 0.15) is 74.4 Å². The molecular formula is C43H44Cl2OSiZr. The molecule has 0 spiro atoms. The van der Waals surface area contributed by atoms with Gasteiger partial charge in [0.1, 0.15) is 0 Å². The van der Waals surface area contributed by atoms with Crippen molar-refractivity contribution < 1.29 is 19.4 Å². The maximum absolute atomic E-state index is 8.61. The predicted octanol–water partition coefficient (Wildman–Crippen LogP) is 13.4. The summed E-state index contributed by atoms with van der Waals surface area (Å²) in [6.07, 6.45) is 7.08. The van der Waals surface area contributed by atoms with E-state index in [1.165, 1.54) is 77.9 Å². The summed E-state index contributed by atoms with van der Waals surface area (Å²) in [6.45, 7) is 19.9. The Kier molecular flexibility index (Phi) is 8.44. The van der Waals surface area contributed by atoms with Crippen molar-refractivity contribution in [2.75, 3.05) is 0 Å². The normalized spacial score (nSPS) is 17.0. The van der Waals surface area contributed by atoms with Crippen molar-refractivity contribution in [1.29, 1.82) is 0 Å². The van der Waals surface area contributed by atoms with Crippen molar-refractivity contribution in [2.45, 2.75) is 68.8 Å². The number of hydrogen-bond donors (Lipinski definition) is 0. The minimum absolute atomic E-state index is 0.0275. The van der Waals surface area contributed by atoms with Crippen LogP contribution in [0.5, 0.6) is 0 Å². The van der Waals surface area contributed by atoms with Crippen LogP contribution in [-0.2, 0) is 15.0 Å². The zero-order valence-corrected chi connectivity index (χ0v) is 34.4. The molecule has 5 aromatic rings. The molecule has 2 unspecified atom stereocenters. The molecule has 4 aromatic carbocycles. The van der Waals surface area contributed by atoms with E-state index in [2.05, 4.69) is 146 Å². The Balaban J connectivity index is 1.51. The standard InChI is InChI=1S/C23H21O.C18H17.C2H6Si.2ClH.Zr/c1-14-9-15(2)11-20(10-14)23-16(3)5-7-18-12-19(13-21(18)23)22-8-6-17(4)24-22;1-12-9-13(2)11-16(10-12)18-14(3)7-8-15-5-4-6-17(15)18;1-3-2;;;/h5-13H,1-4H3;4-11H,1-3H3;1-2H3;2*1H;/q;;;;;+2/p-2. The van der Waals surface area contributed by atoms with Crippen LogP contribution in [0.25, 0.3) is 40.0 Å². The number of aryl methyl sites for hydroxylation is 7. The topological polar surface area (TPSA) is 13.1 Å². The first-order chi connectivity index (χ1) is 22.7. The second-order valence-corrected chi connectivity index (χ2v) is 53.6. The molecule has 0 aliphatic heterocycles. The van der Waals surface area contributed by atoms with Gasteiger partial charge in [-0.3, -0.25) is 0 Å². The van der Waals surface area contributed by atoms with Gasteiger partial charge in [-0.05, 0) is 0 Å². The molecule has 2 aliphatic carbocycles. The van der Waals surface area contributed by atoms with E-state index in [0.29, 0.717) is 0 Å². The molecule has 48 heavy (non-hydrogen) atoms. The summed E-state index contributed by atoms with van der Waals surface area (Å²) in [7, 11) is 17.2. The number of hydrogen-bond acceptors (Lipinski definition) is 1. The first kappa shape index (κ1) is 33.8. The summed E-state index contributed by atoms with van der Waals surface area (Å²) < 4.78 is 6.31. The van der Waals surface area contributed by atoms with Gasteiger partial charge >= 0.3 is 297 Å². The number of furan rings is 1. The van der Waals surface area contributed by atoms with Crippen molar-refractivity contribution in [3.8, 4) is 22.3 Å². The summed E-state index contributed by atoms with van der Waals surface area (Å²) in [5.41, 5.74) is 17.6. The third kappa shape index (κ3) is 5.27. The molecule has 0 saturated carbocycles. The van der Waals surface area contributed by atoms with Crippen molar-refractivity contribution in [3.63, 3.8) is 0 Å². The SMILES string of the molecule is Cc1cc(C)cc(-c2c(C)ccc3c2C=C[CH]3[Zr]([Cl])([Cl])([CH]2C(c3ccc(C)o3)=Cc3c2ccc(C)c3-c2cc(C)cc(C)c2)=[Si](C)C)c1. The molecule has 1 nitrogen and oxygen atoms in total. The molecule has 0 bridgehead atoms. The van der Waals surface area contributed by atoms with Crippen LogP contribution in [0.3, 0.4) is 0 Å². The van der Waals surface area contributed by atoms with Crippen LogP contribution in [0.15, 0.2) is 83.3 Å². The molecule has 0 radical (unpaired) electrons. The van der Waals surface area contributed by atoms with Gasteiger partial charge in [0.2, 0.25) is 0 Å². The third-order valence-electron chi connectivity index (χ3n) is 10.8. The molecule has 0 N–H and O–H groups in total. The first-order valence-electron chi connectivity index (χ1n) is 17.0. The summed E-state index contributed by atoms with van der Waals surface area (Å²) in [5, 5.41) is 0. The molecular weight excluding hydrogens is 723 g/mol. The zero-order valence-electron chi connectivity index (χ0n) is 29.5. The third-order valence-corrected chi connectivity index (χ3v) is 57.3. The first-order valence-corrected chi connectivity index (χ1v) is 32.3. The van der Waals surface area contributed by atoms with E-state index in [1.54, 1.807) is 0 Å². The summed E-state index contributed by atoms with van der Waals surface area (Å²) in [5.74, 6) is 1.77. The van der Waals surface area contributed by atoms with E-state index in [4.69, 9.17) is 21.4 Å². The maximum atomic E-state index is 8.61. The van der Waals surface area contributed by atoms with E-state index < -0.39 is 20.4 Å². The molecule has 7 rings (SSSR count). The van der Waals surface area contributed by atoms with E-state index in [1.807, 2.05) is 6.92 Å². The number of halogens is 2. The van der Waals surface area contributed by atoms with Crippen LogP contribution >= 0.6 is 17.0 Å². The second-order valence-electron chi connectivity index (χ2n) is 14.7. The van der Waals surface area contributed by atoms with Crippen molar-refractivity contribution in [3.05, 3.63) is 146 Å². The van der Waals surface area contributed by atoms with Crippen molar-refractivity contribution in [2.24, 2.45) is 0 Å². The molecule has 1 aromatic heterocycles. The summed E-state index contributed by atoms with van der Waals surface area (Å²) >= 11 is -5.00. The second kappa shape index (κ2) is 12.0. The van der Waals surface area contributed by atoms with Gasteiger partial charge in [0.25, 0.3) is 0 Å². The van der Waals surface area contributed by atoms with Gasteiger partial charge in [-0.1, -0.05) is 0 Å². The zero-order chi connectivity index (χ0) is 34.3. The van der Waals surface area contributed by atoms with Gasteiger partial charge in [0.05, 0.1) is 0 Å². The molecule has 0 amide bonds. The Bertz CT molecular complexity index is 2270. The summed E-state index contributed by atoms with van der Waals surface area (Å²) in [6, 6.07) is 27.1. The van der Waals surface area contributed by atoms with Gasteiger partial charge in [-0.15, -0.1) is 0 Å². The Morgan fingerprint density at radius 3 is 1.65 bits per heavy atom.